The number of pyridine rings is 1. The second kappa shape index (κ2) is 5.00. The number of benzene rings is 1. The zero-order chi connectivity index (χ0) is 14.0. The van der Waals surface area contributed by atoms with E-state index >= 15 is 0 Å². The summed E-state index contributed by atoms with van der Waals surface area (Å²) in [5.74, 6) is -0.105. The van der Waals surface area contributed by atoms with Crippen molar-refractivity contribution < 1.29 is 13.2 Å². The van der Waals surface area contributed by atoms with E-state index in [0.29, 0.717) is 4.90 Å². The number of rotatable bonds is 2. The van der Waals surface area contributed by atoms with Gasteiger partial charge in [-0.2, -0.15) is 13.2 Å². The molecule has 0 spiro atoms. The van der Waals surface area contributed by atoms with Gasteiger partial charge in [-0.15, -0.1) is 0 Å². The Kier molecular flexibility index (Phi) is 3.57. The molecular formula is C12H10F3N3S. The number of alkyl halides is 3. The van der Waals surface area contributed by atoms with Crippen LogP contribution in [0.15, 0.2) is 46.3 Å². The van der Waals surface area contributed by atoms with Gasteiger partial charge >= 0.3 is 6.18 Å². The Labute approximate surface area is 111 Å². The Bertz CT molecular complexity index is 585. The van der Waals surface area contributed by atoms with Gasteiger partial charge in [0.15, 0.2) is 0 Å². The van der Waals surface area contributed by atoms with E-state index in [-0.39, 0.29) is 16.5 Å². The highest BCUT2D eigenvalue weighted by Crippen LogP contribution is 2.40. The molecule has 7 heteroatoms. The molecule has 0 amide bonds. The van der Waals surface area contributed by atoms with Gasteiger partial charge in [0.05, 0.1) is 11.3 Å². The van der Waals surface area contributed by atoms with Crippen molar-refractivity contribution in [3.05, 3.63) is 42.0 Å². The van der Waals surface area contributed by atoms with Crippen LogP contribution in [-0.4, -0.2) is 4.98 Å². The van der Waals surface area contributed by atoms with E-state index in [9.17, 15) is 13.2 Å². The molecule has 0 saturated carbocycles. The molecule has 0 aliphatic carbocycles. The van der Waals surface area contributed by atoms with E-state index in [2.05, 4.69) is 4.98 Å². The molecule has 100 valence electrons. The maximum absolute atomic E-state index is 12.9. The minimum Gasteiger partial charge on any atom is -0.396 e. The lowest BCUT2D eigenvalue weighted by Crippen LogP contribution is -2.11. The fourth-order valence-electron chi connectivity index (χ4n) is 1.41. The molecule has 1 aromatic carbocycles. The number of nitrogen functional groups attached to an aromatic ring is 2. The van der Waals surface area contributed by atoms with Gasteiger partial charge in [0.2, 0.25) is 0 Å². The van der Waals surface area contributed by atoms with Crippen molar-refractivity contribution in [3.63, 3.8) is 0 Å². The molecule has 1 heterocycles. The third-order valence-corrected chi connectivity index (χ3v) is 3.32. The van der Waals surface area contributed by atoms with Gasteiger partial charge in [0.1, 0.15) is 10.8 Å². The maximum Gasteiger partial charge on any atom is 0.419 e. The normalized spacial score (nSPS) is 11.5. The Morgan fingerprint density at radius 3 is 2.26 bits per heavy atom. The van der Waals surface area contributed by atoms with Crippen LogP contribution < -0.4 is 11.5 Å². The number of aromatic nitrogens is 1. The lowest BCUT2D eigenvalue weighted by Gasteiger charge is -2.13. The topological polar surface area (TPSA) is 64.9 Å². The molecule has 0 bridgehead atoms. The van der Waals surface area contributed by atoms with Crippen molar-refractivity contribution in [3.8, 4) is 0 Å². The maximum atomic E-state index is 12.9. The predicted octanol–water partition coefficient (Wildman–Crippen LogP) is 3.42. The van der Waals surface area contributed by atoms with Gasteiger partial charge in [-0.1, -0.05) is 30.0 Å². The van der Waals surface area contributed by atoms with Crippen LogP contribution >= 0.6 is 11.8 Å². The van der Waals surface area contributed by atoms with E-state index in [0.717, 1.165) is 17.8 Å². The van der Waals surface area contributed by atoms with E-state index in [1.807, 2.05) is 0 Å². The lowest BCUT2D eigenvalue weighted by molar-refractivity contribution is -0.140. The van der Waals surface area contributed by atoms with Gasteiger partial charge < -0.3 is 11.5 Å². The van der Waals surface area contributed by atoms with E-state index in [1.165, 1.54) is 0 Å². The zero-order valence-corrected chi connectivity index (χ0v) is 10.4. The SMILES string of the molecule is Nc1cc(C(F)(F)F)c(Sc2ccccc2)nc1N. The second-order valence-electron chi connectivity index (χ2n) is 3.73. The summed E-state index contributed by atoms with van der Waals surface area (Å²) in [6, 6.07) is 9.44. The van der Waals surface area contributed by atoms with Crippen LogP contribution in [-0.2, 0) is 6.18 Å². The summed E-state index contributed by atoms with van der Waals surface area (Å²) in [5.41, 5.74) is 9.79. The van der Waals surface area contributed by atoms with Crippen molar-refractivity contribution in [1.29, 1.82) is 0 Å². The van der Waals surface area contributed by atoms with Crippen LogP contribution in [0.3, 0.4) is 0 Å². The summed E-state index contributed by atoms with van der Waals surface area (Å²) in [7, 11) is 0. The van der Waals surface area contributed by atoms with E-state index < -0.39 is 11.7 Å². The van der Waals surface area contributed by atoms with Crippen molar-refractivity contribution in [2.45, 2.75) is 16.1 Å². The first-order valence-electron chi connectivity index (χ1n) is 5.24. The van der Waals surface area contributed by atoms with Crippen molar-refractivity contribution in [1.82, 2.24) is 4.98 Å². The summed E-state index contributed by atoms with van der Waals surface area (Å²) in [5, 5.41) is -0.203. The number of hydrogen-bond acceptors (Lipinski definition) is 4. The average Bonchev–Trinajstić information content (AvgIpc) is 2.33. The number of halogens is 3. The number of nitrogens with zero attached hydrogens (tertiary/aromatic N) is 1. The van der Waals surface area contributed by atoms with E-state index in [1.54, 1.807) is 30.3 Å². The Morgan fingerprint density at radius 2 is 1.68 bits per heavy atom. The monoisotopic (exact) mass is 285 g/mol. The van der Waals surface area contributed by atoms with Crippen molar-refractivity contribution in [2.75, 3.05) is 11.5 Å². The van der Waals surface area contributed by atoms with Crippen LogP contribution in [0.2, 0.25) is 0 Å². The average molecular weight is 285 g/mol. The number of hydrogen-bond donors (Lipinski definition) is 2. The molecule has 3 nitrogen and oxygen atoms in total. The molecule has 19 heavy (non-hydrogen) atoms. The molecule has 2 aromatic rings. The van der Waals surface area contributed by atoms with Crippen LogP contribution in [0, 0.1) is 0 Å². The minimum absolute atomic E-state index is 0.105. The molecule has 0 aliphatic rings. The molecular weight excluding hydrogens is 275 g/mol. The van der Waals surface area contributed by atoms with Crippen LogP contribution in [0.1, 0.15) is 5.56 Å². The Hall–Kier alpha value is -1.89. The zero-order valence-electron chi connectivity index (χ0n) is 9.61. The van der Waals surface area contributed by atoms with E-state index in [4.69, 9.17) is 11.5 Å². The summed E-state index contributed by atoms with van der Waals surface area (Å²) < 4.78 is 38.7. The molecule has 0 fully saturated rings. The summed E-state index contributed by atoms with van der Waals surface area (Å²) >= 11 is 0.897. The molecule has 4 N–H and O–H groups in total. The molecule has 2 rings (SSSR count). The minimum atomic E-state index is -4.52. The standard InChI is InChI=1S/C12H10F3N3S/c13-12(14,15)8-6-9(16)10(17)18-11(8)19-7-4-2-1-3-5-7/h1-6H,16H2,(H2,17,18). The quantitative estimate of drug-likeness (QED) is 0.887. The van der Waals surface area contributed by atoms with Crippen LogP contribution in [0.5, 0.6) is 0 Å². The van der Waals surface area contributed by atoms with Gasteiger partial charge in [-0.25, -0.2) is 4.98 Å². The first-order chi connectivity index (χ1) is 8.88. The lowest BCUT2D eigenvalue weighted by atomic mass is 10.2. The third kappa shape index (κ3) is 3.11. The Balaban J connectivity index is 2.47. The number of nitrogens with two attached hydrogens (primary N) is 2. The van der Waals surface area contributed by atoms with Crippen molar-refractivity contribution in [2.24, 2.45) is 0 Å². The summed E-state index contributed by atoms with van der Waals surface area (Å²) in [6.07, 6.45) is -4.52. The first kappa shape index (κ1) is 13.5. The van der Waals surface area contributed by atoms with Gasteiger partial charge in [-0.05, 0) is 18.2 Å². The molecule has 0 atom stereocenters. The number of anilines is 2. The smallest absolute Gasteiger partial charge is 0.396 e. The van der Waals surface area contributed by atoms with Crippen molar-refractivity contribution >= 4 is 23.3 Å². The van der Waals surface area contributed by atoms with Gasteiger partial charge in [0.25, 0.3) is 0 Å². The Morgan fingerprint density at radius 1 is 1.05 bits per heavy atom. The molecule has 0 saturated heterocycles. The molecule has 1 aromatic heterocycles. The first-order valence-corrected chi connectivity index (χ1v) is 6.05. The van der Waals surface area contributed by atoms with Gasteiger partial charge in [-0.3, -0.25) is 0 Å². The highest BCUT2D eigenvalue weighted by Gasteiger charge is 2.35. The molecule has 0 radical (unpaired) electrons. The second-order valence-corrected chi connectivity index (χ2v) is 4.79. The van der Waals surface area contributed by atoms with Gasteiger partial charge in [0, 0.05) is 4.90 Å². The molecule has 0 unspecified atom stereocenters. The highest BCUT2D eigenvalue weighted by atomic mass is 32.2. The predicted molar refractivity (Wildman–Crippen MR) is 68.6 cm³/mol. The largest absolute Gasteiger partial charge is 0.419 e. The summed E-state index contributed by atoms with van der Waals surface area (Å²) in [4.78, 5) is 4.37. The fraction of sp³-hybridized carbons (Fsp3) is 0.0833. The summed E-state index contributed by atoms with van der Waals surface area (Å²) in [6.45, 7) is 0. The van der Waals surface area contributed by atoms with Crippen LogP contribution in [0.4, 0.5) is 24.7 Å². The third-order valence-electron chi connectivity index (χ3n) is 2.31. The fourth-order valence-corrected chi connectivity index (χ4v) is 2.35. The highest BCUT2D eigenvalue weighted by molar-refractivity contribution is 7.99. The van der Waals surface area contributed by atoms with Crippen LogP contribution in [0.25, 0.3) is 0 Å². The molecule has 0 aliphatic heterocycles.